The van der Waals surface area contributed by atoms with Crippen molar-refractivity contribution in [3.63, 3.8) is 0 Å². The molecule has 3 heterocycles. The highest BCUT2D eigenvalue weighted by atomic mass is 32.1. The van der Waals surface area contributed by atoms with Gasteiger partial charge in [0.2, 0.25) is 0 Å². The van der Waals surface area contributed by atoms with E-state index in [1.165, 1.54) is 7.11 Å². The fourth-order valence-electron chi connectivity index (χ4n) is 4.16. The second-order valence-corrected chi connectivity index (χ2v) is 8.97. The third kappa shape index (κ3) is 5.28. The van der Waals surface area contributed by atoms with Crippen LogP contribution in [0.25, 0.3) is 0 Å². The Labute approximate surface area is 202 Å². The number of methoxy groups -OCH3 is 1. The number of carbonyl (C=O) groups excluding carboxylic acids is 3. The van der Waals surface area contributed by atoms with Crippen LogP contribution in [0.3, 0.4) is 0 Å². The Bertz CT molecular complexity index is 1040. The number of amides is 3. The first-order valence-corrected chi connectivity index (χ1v) is 12.1. The van der Waals surface area contributed by atoms with Gasteiger partial charge in [0.05, 0.1) is 24.2 Å². The molecule has 2 aliphatic rings. The number of rotatable bonds is 4. The van der Waals surface area contributed by atoms with Crippen molar-refractivity contribution >= 4 is 40.8 Å². The number of benzene rings is 1. The Morgan fingerprint density at radius 3 is 2.50 bits per heavy atom. The molecule has 0 unspecified atom stereocenters. The molecule has 0 saturated carbocycles. The summed E-state index contributed by atoms with van der Waals surface area (Å²) < 4.78 is 8.65. The van der Waals surface area contributed by atoms with Gasteiger partial charge in [-0.2, -0.15) is 0 Å². The Balaban J connectivity index is 1.50. The van der Waals surface area contributed by atoms with E-state index in [1.54, 1.807) is 24.0 Å². The van der Waals surface area contributed by atoms with Gasteiger partial charge in [-0.15, -0.1) is 5.10 Å². The summed E-state index contributed by atoms with van der Waals surface area (Å²) in [7, 11) is 1.30. The van der Waals surface area contributed by atoms with E-state index in [4.69, 9.17) is 4.74 Å². The van der Waals surface area contributed by atoms with Gasteiger partial charge in [0.25, 0.3) is 11.8 Å². The van der Waals surface area contributed by atoms with Crippen molar-refractivity contribution in [2.24, 2.45) is 0 Å². The number of anilines is 2. The summed E-state index contributed by atoms with van der Waals surface area (Å²) in [5.74, 6) is -0.125. The lowest BCUT2D eigenvalue weighted by molar-refractivity contribution is 0.0747. The minimum absolute atomic E-state index is 0.0621. The number of nitrogens with one attached hydrogen (secondary N) is 2. The Hall–Kier alpha value is -3.25. The summed E-state index contributed by atoms with van der Waals surface area (Å²) in [5.41, 5.74) is 2.44. The minimum Gasteiger partial charge on any atom is -0.453 e. The number of aromatic nitrogens is 2. The lowest BCUT2D eigenvalue weighted by Crippen LogP contribution is -2.49. The van der Waals surface area contributed by atoms with Crippen LogP contribution in [0, 0.1) is 6.92 Å². The average Bonchev–Trinajstić information content (AvgIpc) is 3.11. The Morgan fingerprint density at radius 1 is 1.03 bits per heavy atom. The predicted octanol–water partition coefficient (Wildman–Crippen LogP) is 1.42. The van der Waals surface area contributed by atoms with Gasteiger partial charge < -0.3 is 24.8 Å². The second-order valence-electron chi connectivity index (χ2n) is 8.21. The van der Waals surface area contributed by atoms with E-state index in [9.17, 15) is 14.4 Å². The zero-order chi connectivity index (χ0) is 24.1. The lowest BCUT2D eigenvalue weighted by Gasteiger charge is -2.36. The van der Waals surface area contributed by atoms with E-state index in [0.29, 0.717) is 61.1 Å². The molecule has 1 aromatic heterocycles. The summed E-state index contributed by atoms with van der Waals surface area (Å²) >= 11 is 1.11. The molecule has 0 aliphatic carbocycles. The van der Waals surface area contributed by atoms with Crippen molar-refractivity contribution < 1.29 is 19.1 Å². The maximum Gasteiger partial charge on any atom is 0.411 e. The molecule has 2 saturated heterocycles. The first kappa shape index (κ1) is 23.9. The van der Waals surface area contributed by atoms with Gasteiger partial charge in [-0.25, -0.2) is 4.79 Å². The monoisotopic (exact) mass is 487 g/mol. The molecular formula is C22H29N7O4S. The van der Waals surface area contributed by atoms with E-state index in [2.05, 4.69) is 25.1 Å². The Morgan fingerprint density at radius 2 is 1.79 bits per heavy atom. The van der Waals surface area contributed by atoms with E-state index >= 15 is 0 Å². The van der Waals surface area contributed by atoms with Crippen LogP contribution in [0.5, 0.6) is 0 Å². The van der Waals surface area contributed by atoms with Gasteiger partial charge in [0.1, 0.15) is 4.88 Å². The van der Waals surface area contributed by atoms with Gasteiger partial charge in [-0.3, -0.25) is 14.9 Å². The summed E-state index contributed by atoms with van der Waals surface area (Å²) in [6.07, 6.45) is 0.295. The molecule has 2 N–H and O–H groups in total. The SMILES string of the molecule is COC(=O)Nc1cc(C(=O)N2CCCNCC2)ccc1N1CCN(C(=O)c2snnc2C)CC1. The van der Waals surface area contributed by atoms with E-state index < -0.39 is 6.09 Å². The minimum atomic E-state index is -0.605. The normalized spacial score (nSPS) is 16.7. The maximum absolute atomic E-state index is 13.1. The highest BCUT2D eigenvalue weighted by Gasteiger charge is 2.27. The third-order valence-corrected chi connectivity index (χ3v) is 6.86. The van der Waals surface area contributed by atoms with Crippen molar-refractivity contribution in [2.75, 3.05) is 69.7 Å². The summed E-state index contributed by atoms with van der Waals surface area (Å²) in [6, 6.07) is 5.35. The fraction of sp³-hybridized carbons (Fsp3) is 0.500. The first-order chi connectivity index (χ1) is 16.5. The molecule has 2 aliphatic heterocycles. The quantitative estimate of drug-likeness (QED) is 0.665. The van der Waals surface area contributed by atoms with Crippen LogP contribution in [0.15, 0.2) is 18.2 Å². The number of nitrogens with zero attached hydrogens (tertiary/aromatic N) is 5. The van der Waals surface area contributed by atoms with Crippen molar-refractivity contribution in [3.8, 4) is 0 Å². The Kier molecular flexibility index (Phi) is 7.58. The van der Waals surface area contributed by atoms with Crippen LogP contribution in [-0.4, -0.2) is 96.8 Å². The zero-order valence-electron chi connectivity index (χ0n) is 19.4. The molecule has 34 heavy (non-hydrogen) atoms. The molecular weight excluding hydrogens is 458 g/mol. The first-order valence-electron chi connectivity index (χ1n) is 11.3. The maximum atomic E-state index is 13.1. The van der Waals surface area contributed by atoms with Crippen molar-refractivity contribution in [2.45, 2.75) is 13.3 Å². The second kappa shape index (κ2) is 10.8. The van der Waals surface area contributed by atoms with E-state index in [-0.39, 0.29) is 11.8 Å². The van der Waals surface area contributed by atoms with Crippen LogP contribution in [0.4, 0.5) is 16.2 Å². The van der Waals surface area contributed by atoms with Crippen LogP contribution in [0.1, 0.15) is 32.1 Å². The molecule has 0 radical (unpaired) electrons. The van der Waals surface area contributed by atoms with Crippen molar-refractivity contribution in [3.05, 3.63) is 34.3 Å². The molecule has 4 rings (SSSR count). The average molecular weight is 488 g/mol. The number of aryl methyl sites for hydroxylation is 1. The van der Waals surface area contributed by atoms with Gasteiger partial charge >= 0.3 is 6.09 Å². The number of piperazine rings is 1. The predicted molar refractivity (Wildman–Crippen MR) is 129 cm³/mol. The van der Waals surface area contributed by atoms with Crippen LogP contribution in [0.2, 0.25) is 0 Å². The van der Waals surface area contributed by atoms with Crippen molar-refractivity contribution in [1.82, 2.24) is 24.7 Å². The summed E-state index contributed by atoms with van der Waals surface area (Å²) in [6.45, 7) is 6.98. The molecule has 0 spiro atoms. The summed E-state index contributed by atoms with van der Waals surface area (Å²) in [4.78, 5) is 44.2. The molecule has 11 nitrogen and oxygen atoms in total. The van der Waals surface area contributed by atoms with Gasteiger partial charge in [0.15, 0.2) is 0 Å². The van der Waals surface area contributed by atoms with E-state index in [0.717, 1.165) is 36.7 Å². The van der Waals surface area contributed by atoms with Gasteiger partial charge in [0, 0.05) is 51.4 Å². The topological polar surface area (TPSA) is 120 Å². The van der Waals surface area contributed by atoms with Crippen LogP contribution in [-0.2, 0) is 4.74 Å². The summed E-state index contributed by atoms with van der Waals surface area (Å²) in [5, 5.41) is 9.97. The van der Waals surface area contributed by atoms with Crippen LogP contribution < -0.4 is 15.5 Å². The number of hydrogen-bond donors (Lipinski definition) is 2. The van der Waals surface area contributed by atoms with Gasteiger partial charge in [-0.1, -0.05) is 4.49 Å². The zero-order valence-corrected chi connectivity index (χ0v) is 20.2. The third-order valence-electron chi connectivity index (χ3n) is 6.05. The lowest BCUT2D eigenvalue weighted by atomic mass is 10.1. The molecule has 0 atom stereocenters. The number of carbonyl (C=O) groups is 3. The standard InChI is InChI=1S/C22H29N7O4S/c1-15-19(34-26-25-15)21(31)29-12-10-27(11-13-29)18-5-4-16(14-17(18)24-22(32)33-2)20(30)28-8-3-6-23-7-9-28/h4-5,14,23H,3,6-13H2,1-2H3,(H,24,32). The molecule has 3 amide bonds. The van der Waals surface area contributed by atoms with E-state index in [1.807, 2.05) is 11.0 Å². The number of ether oxygens (including phenoxy) is 1. The molecule has 2 aromatic rings. The molecule has 2 fully saturated rings. The fourth-order valence-corrected chi connectivity index (χ4v) is 4.78. The van der Waals surface area contributed by atoms with Gasteiger partial charge in [-0.05, 0) is 49.6 Å². The van der Waals surface area contributed by atoms with Crippen LogP contribution >= 0.6 is 11.5 Å². The highest BCUT2D eigenvalue weighted by molar-refractivity contribution is 7.07. The smallest absolute Gasteiger partial charge is 0.411 e. The molecule has 182 valence electrons. The highest BCUT2D eigenvalue weighted by Crippen LogP contribution is 2.29. The molecule has 12 heteroatoms. The molecule has 0 bridgehead atoms. The number of hydrogen-bond acceptors (Lipinski definition) is 9. The molecule has 1 aromatic carbocycles. The largest absolute Gasteiger partial charge is 0.453 e. The van der Waals surface area contributed by atoms with Crippen molar-refractivity contribution in [1.29, 1.82) is 0 Å².